The Balaban J connectivity index is 2.33. The van der Waals surface area contributed by atoms with Crippen molar-refractivity contribution in [3.8, 4) is 0 Å². The minimum Gasteiger partial charge on any atom is -0.312 e. The largest absolute Gasteiger partial charge is 0.312 e. The average molecular weight is 196 g/mol. The van der Waals surface area contributed by atoms with E-state index in [4.69, 9.17) is 0 Å². The van der Waals surface area contributed by atoms with Crippen LogP contribution in [-0.4, -0.2) is 43.9 Å². The Morgan fingerprint density at radius 3 is 2.86 bits per heavy atom. The zero-order valence-corrected chi connectivity index (χ0v) is 8.63. The molecule has 0 aromatic heterocycles. The van der Waals surface area contributed by atoms with E-state index in [1.807, 2.05) is 12.2 Å². The third kappa shape index (κ3) is 3.59. The summed E-state index contributed by atoms with van der Waals surface area (Å²) in [6.07, 6.45) is 4.08. The third-order valence-electron chi connectivity index (χ3n) is 2.18. The van der Waals surface area contributed by atoms with Crippen LogP contribution >= 0.6 is 0 Å². The second kappa shape index (κ2) is 6.73. The van der Waals surface area contributed by atoms with Crippen LogP contribution in [0.5, 0.6) is 0 Å². The SMILES string of the molecule is C=CCNC1CNCCN1NCC=C. The van der Waals surface area contributed by atoms with Gasteiger partial charge in [-0.05, 0) is 0 Å². The number of nitrogens with zero attached hydrogens (tertiary/aromatic N) is 1. The summed E-state index contributed by atoms with van der Waals surface area (Å²) in [5, 5.41) is 8.93. The van der Waals surface area contributed by atoms with Gasteiger partial charge in [0.2, 0.25) is 0 Å². The minimum absolute atomic E-state index is 0.335. The summed E-state index contributed by atoms with van der Waals surface area (Å²) < 4.78 is 0. The van der Waals surface area contributed by atoms with Gasteiger partial charge < -0.3 is 5.32 Å². The molecule has 1 saturated heterocycles. The van der Waals surface area contributed by atoms with Crippen LogP contribution < -0.4 is 16.1 Å². The molecule has 0 radical (unpaired) electrons. The monoisotopic (exact) mass is 196 g/mol. The summed E-state index contributed by atoms with van der Waals surface area (Å²) in [5.41, 5.74) is 3.31. The Morgan fingerprint density at radius 2 is 2.14 bits per heavy atom. The Kier molecular flexibility index (Phi) is 5.47. The van der Waals surface area contributed by atoms with E-state index in [0.29, 0.717) is 6.17 Å². The van der Waals surface area contributed by atoms with Crippen LogP contribution in [0.25, 0.3) is 0 Å². The molecule has 80 valence electrons. The molecule has 0 aliphatic carbocycles. The molecule has 0 spiro atoms. The number of piperazine rings is 1. The Bertz CT molecular complexity index is 161. The number of hydrogen-bond acceptors (Lipinski definition) is 4. The Hall–Kier alpha value is -0.680. The van der Waals surface area contributed by atoms with Crippen molar-refractivity contribution in [2.24, 2.45) is 0 Å². The van der Waals surface area contributed by atoms with Gasteiger partial charge in [0, 0.05) is 32.7 Å². The fraction of sp³-hybridized carbons (Fsp3) is 0.600. The number of rotatable bonds is 6. The molecule has 1 aliphatic rings. The molecule has 1 atom stereocenters. The van der Waals surface area contributed by atoms with Crippen molar-refractivity contribution in [3.63, 3.8) is 0 Å². The molecule has 0 saturated carbocycles. The van der Waals surface area contributed by atoms with E-state index in [0.717, 1.165) is 32.7 Å². The molecule has 1 unspecified atom stereocenters. The lowest BCUT2D eigenvalue weighted by molar-refractivity contribution is 0.0834. The fourth-order valence-electron chi connectivity index (χ4n) is 1.48. The first-order chi connectivity index (χ1) is 6.88. The average Bonchev–Trinajstić information content (AvgIpc) is 2.24. The minimum atomic E-state index is 0.335. The van der Waals surface area contributed by atoms with Gasteiger partial charge in [0.05, 0.1) is 6.17 Å². The molecular formula is C10H20N4. The molecule has 4 heteroatoms. The highest BCUT2D eigenvalue weighted by atomic mass is 15.6. The van der Waals surface area contributed by atoms with Crippen LogP contribution in [0.2, 0.25) is 0 Å². The molecule has 3 N–H and O–H groups in total. The zero-order chi connectivity index (χ0) is 10.2. The quantitative estimate of drug-likeness (QED) is 0.509. The molecule has 1 aliphatic heterocycles. The van der Waals surface area contributed by atoms with Gasteiger partial charge in [-0.1, -0.05) is 12.2 Å². The zero-order valence-electron chi connectivity index (χ0n) is 8.63. The molecule has 0 bridgehead atoms. The predicted molar refractivity (Wildman–Crippen MR) is 59.8 cm³/mol. The highest BCUT2D eigenvalue weighted by Crippen LogP contribution is 1.95. The first kappa shape index (κ1) is 11.4. The normalized spacial score (nSPS) is 23.3. The molecular weight excluding hydrogens is 176 g/mol. The lowest BCUT2D eigenvalue weighted by Gasteiger charge is -2.36. The van der Waals surface area contributed by atoms with Crippen molar-refractivity contribution < 1.29 is 0 Å². The fourth-order valence-corrected chi connectivity index (χ4v) is 1.48. The number of hydrogen-bond donors (Lipinski definition) is 3. The molecule has 0 aromatic carbocycles. The second-order valence-corrected chi connectivity index (χ2v) is 3.26. The summed E-state index contributed by atoms with van der Waals surface area (Å²) in [4.78, 5) is 0. The molecule has 1 rings (SSSR count). The summed E-state index contributed by atoms with van der Waals surface area (Å²) in [7, 11) is 0. The standard InChI is InChI=1S/C10H20N4/c1-3-5-12-10-9-11-7-8-14(10)13-6-4-2/h3-4,10-13H,1-2,5-9H2. The molecule has 0 aromatic rings. The summed E-state index contributed by atoms with van der Waals surface area (Å²) >= 11 is 0. The Morgan fingerprint density at radius 1 is 1.36 bits per heavy atom. The second-order valence-electron chi connectivity index (χ2n) is 3.26. The van der Waals surface area contributed by atoms with Gasteiger partial charge >= 0.3 is 0 Å². The molecule has 0 amide bonds. The van der Waals surface area contributed by atoms with Crippen molar-refractivity contribution in [1.29, 1.82) is 0 Å². The van der Waals surface area contributed by atoms with Crippen molar-refractivity contribution >= 4 is 0 Å². The van der Waals surface area contributed by atoms with Crippen LogP contribution in [0, 0.1) is 0 Å². The highest BCUT2D eigenvalue weighted by Gasteiger charge is 2.19. The van der Waals surface area contributed by atoms with E-state index < -0.39 is 0 Å². The maximum atomic E-state index is 3.69. The van der Waals surface area contributed by atoms with Crippen LogP contribution in [0.3, 0.4) is 0 Å². The first-order valence-corrected chi connectivity index (χ1v) is 5.04. The van der Waals surface area contributed by atoms with Gasteiger partial charge in [-0.15, -0.1) is 13.2 Å². The van der Waals surface area contributed by atoms with Crippen LogP contribution in [0.4, 0.5) is 0 Å². The van der Waals surface area contributed by atoms with Gasteiger partial charge in [0.1, 0.15) is 0 Å². The number of hydrazine groups is 1. The van der Waals surface area contributed by atoms with Crippen LogP contribution in [0.15, 0.2) is 25.3 Å². The highest BCUT2D eigenvalue weighted by molar-refractivity contribution is 4.81. The van der Waals surface area contributed by atoms with Gasteiger partial charge in [-0.25, -0.2) is 10.4 Å². The van der Waals surface area contributed by atoms with Crippen LogP contribution in [-0.2, 0) is 0 Å². The van der Waals surface area contributed by atoms with Crippen LogP contribution in [0.1, 0.15) is 0 Å². The summed E-state index contributed by atoms with van der Waals surface area (Å²) in [6, 6.07) is 0. The number of nitrogens with one attached hydrogen (secondary N) is 3. The summed E-state index contributed by atoms with van der Waals surface area (Å²) in [5.74, 6) is 0. The Labute approximate surface area is 86.0 Å². The van der Waals surface area contributed by atoms with E-state index in [2.05, 4.69) is 34.2 Å². The molecule has 1 heterocycles. The topological polar surface area (TPSA) is 39.3 Å². The van der Waals surface area contributed by atoms with E-state index in [1.165, 1.54) is 0 Å². The van der Waals surface area contributed by atoms with Gasteiger partial charge in [0.15, 0.2) is 0 Å². The molecule has 4 nitrogen and oxygen atoms in total. The van der Waals surface area contributed by atoms with Gasteiger partial charge in [-0.2, -0.15) is 0 Å². The van der Waals surface area contributed by atoms with Crippen molar-refractivity contribution in [2.75, 3.05) is 32.7 Å². The lowest BCUT2D eigenvalue weighted by atomic mass is 10.3. The van der Waals surface area contributed by atoms with Crippen molar-refractivity contribution in [2.45, 2.75) is 6.17 Å². The smallest absolute Gasteiger partial charge is 0.0862 e. The third-order valence-corrected chi connectivity index (χ3v) is 2.18. The van der Waals surface area contributed by atoms with E-state index in [9.17, 15) is 0 Å². The van der Waals surface area contributed by atoms with E-state index >= 15 is 0 Å². The first-order valence-electron chi connectivity index (χ1n) is 5.04. The van der Waals surface area contributed by atoms with E-state index in [-0.39, 0.29) is 0 Å². The summed E-state index contributed by atoms with van der Waals surface area (Å²) in [6.45, 7) is 12.0. The predicted octanol–water partition coefficient (Wildman–Crippen LogP) is -0.316. The van der Waals surface area contributed by atoms with Crippen molar-refractivity contribution in [3.05, 3.63) is 25.3 Å². The van der Waals surface area contributed by atoms with Crippen molar-refractivity contribution in [1.82, 2.24) is 21.1 Å². The lowest BCUT2D eigenvalue weighted by Crippen LogP contribution is -2.62. The van der Waals surface area contributed by atoms with E-state index in [1.54, 1.807) is 0 Å². The molecule has 14 heavy (non-hydrogen) atoms. The molecule has 1 fully saturated rings. The van der Waals surface area contributed by atoms with Gasteiger partial charge in [0.25, 0.3) is 0 Å². The maximum absolute atomic E-state index is 3.69. The maximum Gasteiger partial charge on any atom is 0.0862 e. The van der Waals surface area contributed by atoms with Gasteiger partial charge in [-0.3, -0.25) is 5.32 Å².